The van der Waals surface area contributed by atoms with Crippen molar-refractivity contribution in [1.82, 2.24) is 25.3 Å². The average Bonchev–Trinajstić information content (AvgIpc) is 3.14. The fourth-order valence-electron chi connectivity index (χ4n) is 3.79. The molecule has 138 valence electrons. The van der Waals surface area contributed by atoms with E-state index in [1.165, 1.54) is 5.56 Å². The van der Waals surface area contributed by atoms with E-state index < -0.39 is 0 Å². The van der Waals surface area contributed by atoms with E-state index in [-0.39, 0.29) is 11.9 Å². The summed E-state index contributed by atoms with van der Waals surface area (Å²) in [5.41, 5.74) is 6.81. The van der Waals surface area contributed by atoms with Gasteiger partial charge in [0.2, 0.25) is 5.91 Å². The second-order valence-corrected chi connectivity index (χ2v) is 6.94. The molecule has 6 heteroatoms. The number of carbonyl (C=O) groups excluding carboxylic acids is 1. The van der Waals surface area contributed by atoms with Crippen LogP contribution in [0.2, 0.25) is 0 Å². The third-order valence-corrected chi connectivity index (χ3v) is 5.25. The van der Waals surface area contributed by atoms with Crippen LogP contribution in [0, 0.1) is 0 Å². The minimum Gasteiger partial charge on any atom is -0.349 e. The van der Waals surface area contributed by atoms with Crippen LogP contribution in [0.1, 0.15) is 43.4 Å². The van der Waals surface area contributed by atoms with Crippen LogP contribution in [-0.4, -0.2) is 25.9 Å². The Balaban J connectivity index is 1.68. The molecule has 1 N–H and O–H groups in total. The minimum absolute atomic E-state index is 0.0634. The number of aryl methyl sites for hydroxylation is 1. The summed E-state index contributed by atoms with van der Waals surface area (Å²) >= 11 is 0. The van der Waals surface area contributed by atoms with Crippen LogP contribution in [0.5, 0.6) is 0 Å². The number of hydrogen-bond acceptors (Lipinski definition) is 4. The number of pyridine rings is 1. The minimum atomic E-state index is 0.0634. The van der Waals surface area contributed by atoms with Crippen LogP contribution < -0.4 is 5.32 Å². The van der Waals surface area contributed by atoms with Gasteiger partial charge in [-0.1, -0.05) is 36.4 Å². The van der Waals surface area contributed by atoms with Gasteiger partial charge in [-0.05, 0) is 36.0 Å². The third kappa shape index (κ3) is 3.35. The van der Waals surface area contributed by atoms with Gasteiger partial charge in [0.25, 0.3) is 0 Å². The molecular formula is C21H23N5O. The first kappa shape index (κ1) is 17.4. The van der Waals surface area contributed by atoms with Crippen molar-refractivity contribution < 1.29 is 4.79 Å². The van der Waals surface area contributed by atoms with E-state index in [0.717, 1.165) is 47.2 Å². The molecule has 27 heavy (non-hydrogen) atoms. The zero-order valence-corrected chi connectivity index (χ0v) is 15.6. The predicted octanol–water partition coefficient (Wildman–Crippen LogP) is 3.45. The normalized spacial score (nSPS) is 16.0. The fourth-order valence-corrected chi connectivity index (χ4v) is 3.79. The molecule has 1 aliphatic carbocycles. The number of nitrogens with one attached hydrogen (secondary N) is 1. The Morgan fingerprint density at radius 2 is 1.96 bits per heavy atom. The molecule has 0 bridgehead atoms. The molecule has 1 amide bonds. The number of fused-ring (bicyclic) bond motifs is 1. The predicted molar refractivity (Wildman–Crippen MR) is 104 cm³/mol. The molecular weight excluding hydrogens is 338 g/mol. The highest BCUT2D eigenvalue weighted by atomic mass is 16.1. The lowest BCUT2D eigenvalue weighted by Crippen LogP contribution is -2.30. The van der Waals surface area contributed by atoms with Gasteiger partial charge >= 0.3 is 0 Å². The van der Waals surface area contributed by atoms with E-state index >= 15 is 0 Å². The highest BCUT2D eigenvalue weighted by Gasteiger charge is 2.24. The van der Waals surface area contributed by atoms with Crippen molar-refractivity contribution in [2.75, 3.05) is 0 Å². The second-order valence-electron chi connectivity index (χ2n) is 6.94. The number of aromatic nitrogens is 4. The average molecular weight is 361 g/mol. The number of hydrogen-bond donors (Lipinski definition) is 1. The Hall–Kier alpha value is -3.02. The van der Waals surface area contributed by atoms with E-state index in [2.05, 4.69) is 44.9 Å². The fraction of sp³-hybridized carbons (Fsp3) is 0.333. The van der Waals surface area contributed by atoms with Crippen LogP contribution in [0.15, 0.2) is 42.9 Å². The van der Waals surface area contributed by atoms with Gasteiger partial charge in [-0.25, -0.2) is 4.68 Å². The number of nitrogens with zero attached hydrogens (tertiary/aromatic N) is 4. The van der Waals surface area contributed by atoms with Crippen molar-refractivity contribution in [2.24, 2.45) is 7.05 Å². The molecule has 0 saturated carbocycles. The van der Waals surface area contributed by atoms with Crippen molar-refractivity contribution in [2.45, 2.75) is 38.6 Å². The summed E-state index contributed by atoms with van der Waals surface area (Å²) in [4.78, 5) is 16.3. The van der Waals surface area contributed by atoms with E-state index in [0.29, 0.717) is 6.42 Å². The molecule has 0 spiro atoms. The van der Waals surface area contributed by atoms with Crippen LogP contribution >= 0.6 is 0 Å². The van der Waals surface area contributed by atoms with Crippen molar-refractivity contribution in [3.63, 3.8) is 0 Å². The quantitative estimate of drug-likeness (QED) is 0.772. The Labute approximate surface area is 158 Å². The summed E-state index contributed by atoms with van der Waals surface area (Å²) in [5.74, 6) is 0.0902. The molecule has 4 rings (SSSR count). The second kappa shape index (κ2) is 7.31. The van der Waals surface area contributed by atoms with E-state index in [1.807, 2.05) is 26.4 Å². The highest BCUT2D eigenvalue weighted by Crippen LogP contribution is 2.36. The molecule has 6 nitrogen and oxygen atoms in total. The molecule has 2 aromatic heterocycles. The lowest BCUT2D eigenvalue weighted by molar-refractivity contribution is -0.121. The highest BCUT2D eigenvalue weighted by molar-refractivity contribution is 5.77. The van der Waals surface area contributed by atoms with Crippen LogP contribution in [0.4, 0.5) is 0 Å². The van der Waals surface area contributed by atoms with Gasteiger partial charge in [0.1, 0.15) is 0 Å². The van der Waals surface area contributed by atoms with Gasteiger partial charge in [-0.2, -0.15) is 0 Å². The summed E-state index contributed by atoms with van der Waals surface area (Å²) < 4.78 is 1.77. The summed E-state index contributed by atoms with van der Waals surface area (Å²) in [5, 5.41) is 11.1. The van der Waals surface area contributed by atoms with Crippen molar-refractivity contribution in [3.8, 4) is 22.4 Å². The van der Waals surface area contributed by atoms with E-state index in [9.17, 15) is 4.79 Å². The van der Waals surface area contributed by atoms with Gasteiger partial charge in [0.05, 0.1) is 17.9 Å². The van der Waals surface area contributed by atoms with E-state index in [1.54, 1.807) is 10.9 Å². The molecule has 3 aromatic rings. The number of benzene rings is 1. The monoisotopic (exact) mass is 361 g/mol. The van der Waals surface area contributed by atoms with Gasteiger partial charge in [0, 0.05) is 37.0 Å². The van der Waals surface area contributed by atoms with Crippen LogP contribution in [-0.2, 0) is 18.3 Å². The zero-order chi connectivity index (χ0) is 18.8. The maximum Gasteiger partial charge on any atom is 0.220 e. The maximum absolute atomic E-state index is 11.9. The Morgan fingerprint density at radius 1 is 1.19 bits per heavy atom. The third-order valence-electron chi connectivity index (χ3n) is 5.25. The lowest BCUT2D eigenvalue weighted by atomic mass is 9.84. The van der Waals surface area contributed by atoms with Gasteiger partial charge in [0.15, 0.2) is 0 Å². The smallest absolute Gasteiger partial charge is 0.220 e. The molecule has 0 fully saturated rings. The summed E-state index contributed by atoms with van der Waals surface area (Å²) in [7, 11) is 1.89. The SMILES string of the molecule is CCC(=O)N[C@@H]1CCCc2c(-c3ccc(-c4cnnn4C)cc3)cncc21. The molecule has 0 radical (unpaired) electrons. The first-order chi connectivity index (χ1) is 13.2. The molecule has 0 unspecified atom stereocenters. The maximum atomic E-state index is 11.9. The van der Waals surface area contributed by atoms with Crippen LogP contribution in [0.25, 0.3) is 22.4 Å². The van der Waals surface area contributed by atoms with E-state index in [4.69, 9.17) is 0 Å². The van der Waals surface area contributed by atoms with Gasteiger partial charge in [-0.15, -0.1) is 5.10 Å². The Kier molecular flexibility index (Phi) is 4.71. The number of carbonyl (C=O) groups is 1. The first-order valence-electron chi connectivity index (χ1n) is 9.39. The summed E-state index contributed by atoms with van der Waals surface area (Å²) in [6.45, 7) is 1.88. The molecule has 0 aliphatic heterocycles. The number of amides is 1. The Morgan fingerprint density at radius 3 is 2.67 bits per heavy atom. The first-order valence-corrected chi connectivity index (χ1v) is 9.39. The van der Waals surface area contributed by atoms with Crippen molar-refractivity contribution >= 4 is 5.91 Å². The van der Waals surface area contributed by atoms with Gasteiger partial charge < -0.3 is 5.32 Å². The summed E-state index contributed by atoms with van der Waals surface area (Å²) in [6.07, 6.45) is 9.16. The standard InChI is InChI=1S/C21H23N5O/c1-3-21(27)24-19-6-4-5-16-17(11-22-12-18(16)19)14-7-9-15(10-8-14)20-13-23-25-26(20)2/h7-13,19H,3-6H2,1-2H3,(H,24,27)/t19-/m1/s1. The van der Waals surface area contributed by atoms with Gasteiger partial charge in [-0.3, -0.25) is 9.78 Å². The molecule has 1 aromatic carbocycles. The lowest BCUT2D eigenvalue weighted by Gasteiger charge is -2.27. The molecule has 2 heterocycles. The molecule has 1 atom stereocenters. The summed E-state index contributed by atoms with van der Waals surface area (Å²) in [6, 6.07) is 8.48. The largest absolute Gasteiger partial charge is 0.349 e. The number of rotatable bonds is 4. The van der Waals surface area contributed by atoms with Crippen molar-refractivity contribution in [1.29, 1.82) is 0 Å². The molecule has 0 saturated heterocycles. The van der Waals surface area contributed by atoms with Crippen LogP contribution in [0.3, 0.4) is 0 Å². The topological polar surface area (TPSA) is 72.7 Å². The zero-order valence-electron chi connectivity index (χ0n) is 15.6. The Bertz CT molecular complexity index is 961. The van der Waals surface area contributed by atoms with Crippen molar-refractivity contribution in [3.05, 3.63) is 54.0 Å². The molecule has 1 aliphatic rings.